The van der Waals surface area contributed by atoms with Crippen LogP contribution in [0.1, 0.15) is 5.56 Å². The molecule has 0 aromatic heterocycles. The van der Waals surface area contributed by atoms with Gasteiger partial charge in [0.2, 0.25) is 0 Å². The van der Waals surface area contributed by atoms with Gasteiger partial charge in [-0.05, 0) is 30.8 Å². The zero-order chi connectivity index (χ0) is 13.1. The number of nitrogens with zero attached hydrogens (tertiary/aromatic N) is 1. The second kappa shape index (κ2) is 5.35. The van der Waals surface area contributed by atoms with Crippen LogP contribution in [-0.2, 0) is 6.54 Å². The van der Waals surface area contributed by atoms with E-state index in [0.717, 1.165) is 11.0 Å². The van der Waals surface area contributed by atoms with Crippen LogP contribution in [0.15, 0.2) is 18.2 Å². The van der Waals surface area contributed by atoms with Gasteiger partial charge in [0, 0.05) is 19.3 Å². The zero-order valence-corrected chi connectivity index (χ0v) is 9.61. The van der Waals surface area contributed by atoms with E-state index in [1.165, 1.54) is 19.2 Å². The van der Waals surface area contributed by atoms with E-state index in [1.54, 1.807) is 7.05 Å². The van der Waals surface area contributed by atoms with Crippen LogP contribution in [0.4, 0.5) is 23.2 Å². The molecule has 0 saturated carbocycles. The highest BCUT2D eigenvalue weighted by molar-refractivity contribution is 5.53. The standard InChI is InChI=1S/C11H14F4N2/c1-16-6-8-5-9(12)3-4-10(8)17(2)7-11(13,14)15/h3-5,16H,6-7H2,1-2H3. The highest BCUT2D eigenvalue weighted by Gasteiger charge is 2.30. The Labute approximate surface area is 97.2 Å². The Balaban J connectivity index is 2.95. The molecule has 0 aliphatic carbocycles. The Hall–Kier alpha value is -1.30. The molecule has 1 N–H and O–H groups in total. The van der Waals surface area contributed by atoms with Gasteiger partial charge in [0.1, 0.15) is 12.4 Å². The molecule has 1 rings (SSSR count). The van der Waals surface area contributed by atoms with Crippen molar-refractivity contribution in [3.8, 4) is 0 Å². The zero-order valence-electron chi connectivity index (χ0n) is 9.61. The fourth-order valence-corrected chi connectivity index (χ4v) is 1.61. The molecule has 0 amide bonds. The van der Waals surface area contributed by atoms with E-state index in [4.69, 9.17) is 0 Å². The van der Waals surface area contributed by atoms with Crippen LogP contribution in [0.5, 0.6) is 0 Å². The van der Waals surface area contributed by atoms with E-state index >= 15 is 0 Å². The molecule has 6 heteroatoms. The van der Waals surface area contributed by atoms with Gasteiger partial charge in [-0.3, -0.25) is 0 Å². The van der Waals surface area contributed by atoms with Crippen LogP contribution in [0.2, 0.25) is 0 Å². The summed E-state index contributed by atoms with van der Waals surface area (Å²) in [6.45, 7) is -0.745. The number of hydrogen-bond donors (Lipinski definition) is 1. The van der Waals surface area contributed by atoms with Crippen LogP contribution < -0.4 is 10.2 Å². The van der Waals surface area contributed by atoms with Crippen LogP contribution in [0, 0.1) is 5.82 Å². The summed E-state index contributed by atoms with van der Waals surface area (Å²) in [5.41, 5.74) is 0.873. The largest absolute Gasteiger partial charge is 0.405 e. The van der Waals surface area contributed by atoms with Crippen molar-refractivity contribution in [2.24, 2.45) is 0 Å². The Morgan fingerprint density at radius 3 is 2.47 bits per heavy atom. The molecule has 0 unspecified atom stereocenters. The Bertz CT molecular complexity index is 376. The van der Waals surface area contributed by atoms with Crippen LogP contribution in [0.3, 0.4) is 0 Å². The lowest BCUT2D eigenvalue weighted by Gasteiger charge is -2.23. The molecule has 17 heavy (non-hydrogen) atoms. The summed E-state index contributed by atoms with van der Waals surface area (Å²) in [5, 5.41) is 2.79. The third-order valence-electron chi connectivity index (χ3n) is 2.24. The molecule has 0 fully saturated rings. The predicted molar refractivity (Wildman–Crippen MR) is 58.5 cm³/mol. The average Bonchev–Trinajstić information content (AvgIpc) is 2.15. The third kappa shape index (κ3) is 4.22. The molecule has 0 bridgehead atoms. The van der Waals surface area contributed by atoms with Crippen LogP contribution in [-0.4, -0.2) is 26.8 Å². The quantitative estimate of drug-likeness (QED) is 0.826. The predicted octanol–water partition coefficient (Wildman–Crippen LogP) is 2.54. The van der Waals surface area contributed by atoms with Gasteiger partial charge in [0.05, 0.1) is 0 Å². The minimum absolute atomic E-state index is 0.315. The molecule has 1 aromatic rings. The minimum Gasteiger partial charge on any atom is -0.365 e. The first-order valence-corrected chi connectivity index (χ1v) is 5.04. The molecule has 96 valence electrons. The summed E-state index contributed by atoms with van der Waals surface area (Å²) in [6.07, 6.45) is -4.28. The summed E-state index contributed by atoms with van der Waals surface area (Å²) in [7, 11) is 2.98. The van der Waals surface area contributed by atoms with Crippen molar-refractivity contribution in [1.29, 1.82) is 0 Å². The first-order chi connectivity index (χ1) is 7.83. The van der Waals surface area contributed by atoms with Crippen molar-refractivity contribution in [1.82, 2.24) is 5.32 Å². The van der Waals surface area contributed by atoms with Gasteiger partial charge in [-0.1, -0.05) is 0 Å². The number of anilines is 1. The van der Waals surface area contributed by atoms with Gasteiger partial charge in [-0.2, -0.15) is 13.2 Å². The fraction of sp³-hybridized carbons (Fsp3) is 0.455. The summed E-state index contributed by atoms with van der Waals surface area (Å²) < 4.78 is 49.8. The van der Waals surface area contributed by atoms with E-state index in [2.05, 4.69) is 5.32 Å². The normalized spacial score (nSPS) is 11.6. The number of nitrogens with one attached hydrogen (secondary N) is 1. The summed E-state index contributed by atoms with van der Waals surface area (Å²) >= 11 is 0. The molecule has 1 aromatic carbocycles. The maximum absolute atomic E-state index is 13.0. The lowest BCUT2D eigenvalue weighted by molar-refractivity contribution is -0.119. The highest BCUT2D eigenvalue weighted by atomic mass is 19.4. The highest BCUT2D eigenvalue weighted by Crippen LogP contribution is 2.24. The number of benzene rings is 1. The van der Waals surface area contributed by atoms with Crippen molar-refractivity contribution < 1.29 is 17.6 Å². The topological polar surface area (TPSA) is 15.3 Å². The smallest absolute Gasteiger partial charge is 0.365 e. The molecule has 0 radical (unpaired) electrons. The van der Waals surface area contributed by atoms with Crippen molar-refractivity contribution in [2.45, 2.75) is 12.7 Å². The summed E-state index contributed by atoms with van der Waals surface area (Å²) in [5.74, 6) is -0.459. The third-order valence-corrected chi connectivity index (χ3v) is 2.24. The van der Waals surface area contributed by atoms with Crippen molar-refractivity contribution in [3.05, 3.63) is 29.6 Å². The Morgan fingerprint density at radius 2 is 1.94 bits per heavy atom. The SMILES string of the molecule is CNCc1cc(F)ccc1N(C)CC(F)(F)F. The van der Waals surface area contributed by atoms with Crippen LogP contribution >= 0.6 is 0 Å². The average molecular weight is 250 g/mol. The lowest BCUT2D eigenvalue weighted by atomic mass is 10.1. The molecule has 0 spiro atoms. The molecule has 2 nitrogen and oxygen atoms in total. The first-order valence-electron chi connectivity index (χ1n) is 5.04. The first kappa shape index (κ1) is 13.8. The van der Waals surface area contributed by atoms with E-state index in [1.807, 2.05) is 0 Å². The maximum atomic E-state index is 13.0. The molecular formula is C11H14F4N2. The van der Waals surface area contributed by atoms with E-state index in [-0.39, 0.29) is 0 Å². The number of halogens is 4. The van der Waals surface area contributed by atoms with Crippen molar-refractivity contribution in [2.75, 3.05) is 25.5 Å². The summed E-state index contributed by atoms with van der Waals surface area (Å²) in [6, 6.07) is 3.74. The van der Waals surface area contributed by atoms with Gasteiger partial charge in [0.25, 0.3) is 0 Å². The fourth-order valence-electron chi connectivity index (χ4n) is 1.61. The second-order valence-corrected chi connectivity index (χ2v) is 3.77. The second-order valence-electron chi connectivity index (χ2n) is 3.77. The molecule has 0 saturated heterocycles. The van der Waals surface area contributed by atoms with Gasteiger partial charge < -0.3 is 10.2 Å². The molecule has 0 aliphatic heterocycles. The van der Waals surface area contributed by atoms with Gasteiger partial charge in [-0.25, -0.2) is 4.39 Å². The van der Waals surface area contributed by atoms with Crippen molar-refractivity contribution >= 4 is 5.69 Å². The maximum Gasteiger partial charge on any atom is 0.405 e. The van der Waals surface area contributed by atoms with E-state index < -0.39 is 18.5 Å². The van der Waals surface area contributed by atoms with Crippen LogP contribution in [0.25, 0.3) is 0 Å². The molecule has 0 atom stereocenters. The summed E-state index contributed by atoms with van der Waals surface area (Å²) in [4.78, 5) is 1.06. The number of hydrogen-bond acceptors (Lipinski definition) is 2. The lowest BCUT2D eigenvalue weighted by Crippen LogP contribution is -2.31. The Kier molecular flexibility index (Phi) is 4.34. The van der Waals surface area contributed by atoms with Gasteiger partial charge in [0.15, 0.2) is 0 Å². The monoisotopic (exact) mass is 250 g/mol. The van der Waals surface area contributed by atoms with E-state index in [0.29, 0.717) is 17.8 Å². The minimum atomic E-state index is -4.28. The molecule has 0 aliphatic rings. The van der Waals surface area contributed by atoms with Gasteiger partial charge >= 0.3 is 6.18 Å². The van der Waals surface area contributed by atoms with E-state index in [9.17, 15) is 17.6 Å². The molecular weight excluding hydrogens is 236 g/mol. The molecule has 0 heterocycles. The van der Waals surface area contributed by atoms with Gasteiger partial charge in [-0.15, -0.1) is 0 Å². The number of rotatable bonds is 4. The van der Waals surface area contributed by atoms with Crippen molar-refractivity contribution in [3.63, 3.8) is 0 Å². The Morgan fingerprint density at radius 1 is 1.29 bits per heavy atom. The number of alkyl halides is 3.